The summed E-state index contributed by atoms with van der Waals surface area (Å²) in [6.07, 6.45) is 3.91. The predicted octanol–water partition coefficient (Wildman–Crippen LogP) is 1.84. The monoisotopic (exact) mass is 191 g/mol. The van der Waals surface area contributed by atoms with Crippen LogP contribution >= 0.6 is 0 Å². The Morgan fingerprint density at radius 1 is 1.36 bits per heavy atom. The molecule has 14 heavy (non-hydrogen) atoms. The molecule has 0 amide bonds. The summed E-state index contributed by atoms with van der Waals surface area (Å²) in [5.74, 6) is 0.877. The van der Waals surface area contributed by atoms with Gasteiger partial charge in [-0.25, -0.2) is 0 Å². The quantitative estimate of drug-likeness (QED) is 0.805. The molecule has 2 aromatic rings. The molecule has 2 rings (SSSR count). The van der Waals surface area contributed by atoms with Crippen molar-refractivity contribution in [3.63, 3.8) is 0 Å². The van der Waals surface area contributed by atoms with E-state index in [4.69, 9.17) is 4.52 Å². The lowest BCUT2D eigenvalue weighted by atomic mass is 10.2. The molecular weight excluding hydrogens is 178 g/mol. The van der Waals surface area contributed by atoms with Gasteiger partial charge in [-0.15, -0.1) is 0 Å². The molecule has 2 heterocycles. The molecule has 74 valence electrons. The average molecular weight is 191 g/mol. The van der Waals surface area contributed by atoms with Crippen LogP contribution in [0.25, 0.3) is 0 Å². The maximum absolute atomic E-state index is 5.07. The Labute approximate surface area is 82.5 Å². The average Bonchev–Trinajstić information content (AvgIpc) is 2.76. The van der Waals surface area contributed by atoms with E-state index in [0.717, 1.165) is 23.6 Å². The van der Waals surface area contributed by atoms with E-state index in [0.29, 0.717) is 0 Å². The first-order valence-electron chi connectivity index (χ1n) is 4.56. The summed E-state index contributed by atoms with van der Waals surface area (Å²) in [5.41, 5.74) is 5.30. The Bertz CT molecular complexity index is 383. The minimum absolute atomic E-state index is 0.732. The zero-order valence-corrected chi connectivity index (χ0v) is 8.32. The number of hydrogen-bond acceptors (Lipinski definition) is 3. The minimum Gasteiger partial charge on any atom is -0.361 e. The molecule has 0 aliphatic heterocycles. The topological polar surface area (TPSA) is 43.0 Å². The summed E-state index contributed by atoms with van der Waals surface area (Å²) in [5, 5.41) is 3.89. The molecule has 0 saturated carbocycles. The number of hydrogen-bond donors (Lipinski definition) is 1. The number of aryl methyl sites for hydroxylation is 2. The highest BCUT2D eigenvalue weighted by Gasteiger charge is 2.07. The highest BCUT2D eigenvalue weighted by Crippen LogP contribution is 2.11. The van der Waals surface area contributed by atoms with Crippen molar-refractivity contribution in [1.29, 1.82) is 0 Å². The third-order valence-corrected chi connectivity index (χ3v) is 2.22. The van der Waals surface area contributed by atoms with Gasteiger partial charge in [-0.1, -0.05) is 5.16 Å². The molecule has 0 unspecified atom stereocenters. The Morgan fingerprint density at radius 2 is 2.07 bits per heavy atom. The highest BCUT2D eigenvalue weighted by molar-refractivity contribution is 5.21. The van der Waals surface area contributed by atoms with Gasteiger partial charge in [0.1, 0.15) is 5.76 Å². The molecule has 4 nitrogen and oxygen atoms in total. The second-order valence-corrected chi connectivity index (χ2v) is 3.23. The first-order chi connectivity index (χ1) is 6.77. The molecule has 0 atom stereocenters. The lowest BCUT2D eigenvalue weighted by molar-refractivity contribution is 0.392. The van der Waals surface area contributed by atoms with Crippen molar-refractivity contribution in [1.82, 2.24) is 9.83 Å². The fraction of sp³-hybridized carbons (Fsp3) is 0.300. The number of aromatic nitrogens is 2. The van der Waals surface area contributed by atoms with Gasteiger partial charge in [0, 0.05) is 18.0 Å². The van der Waals surface area contributed by atoms with E-state index in [-0.39, 0.29) is 0 Å². The summed E-state index contributed by atoms with van der Waals surface area (Å²) in [4.78, 5) is 0. The van der Waals surface area contributed by atoms with Crippen LogP contribution in [-0.4, -0.2) is 9.83 Å². The summed E-state index contributed by atoms with van der Waals surface area (Å²) in [6.45, 7) is 4.60. The van der Waals surface area contributed by atoms with Crippen LogP contribution < -0.4 is 5.43 Å². The summed E-state index contributed by atoms with van der Waals surface area (Å²) >= 11 is 0. The second kappa shape index (κ2) is 3.57. The fourth-order valence-electron chi connectivity index (χ4n) is 1.36. The molecule has 0 aromatic carbocycles. The van der Waals surface area contributed by atoms with Crippen molar-refractivity contribution in [2.45, 2.75) is 20.4 Å². The van der Waals surface area contributed by atoms with Gasteiger partial charge in [-0.2, -0.15) is 0 Å². The van der Waals surface area contributed by atoms with E-state index in [1.165, 1.54) is 0 Å². The lowest BCUT2D eigenvalue weighted by Gasteiger charge is -2.06. The first-order valence-corrected chi connectivity index (χ1v) is 4.56. The van der Waals surface area contributed by atoms with Gasteiger partial charge in [0.15, 0.2) is 0 Å². The Hall–Kier alpha value is -1.71. The van der Waals surface area contributed by atoms with Crippen LogP contribution in [0.15, 0.2) is 29.0 Å². The fourth-order valence-corrected chi connectivity index (χ4v) is 1.36. The Morgan fingerprint density at radius 3 is 2.64 bits per heavy atom. The van der Waals surface area contributed by atoms with Crippen molar-refractivity contribution in [3.8, 4) is 0 Å². The zero-order chi connectivity index (χ0) is 9.97. The number of rotatable bonds is 3. The third kappa shape index (κ3) is 1.64. The third-order valence-electron chi connectivity index (χ3n) is 2.22. The molecule has 1 N–H and O–H groups in total. The SMILES string of the molecule is Cc1noc(C)c1CNn1cccc1. The number of nitrogens with zero attached hydrogens (tertiary/aromatic N) is 2. The highest BCUT2D eigenvalue weighted by atomic mass is 16.5. The summed E-state index contributed by atoms with van der Waals surface area (Å²) in [6, 6.07) is 3.95. The largest absolute Gasteiger partial charge is 0.361 e. The van der Waals surface area contributed by atoms with Crippen molar-refractivity contribution >= 4 is 0 Å². The smallest absolute Gasteiger partial charge is 0.138 e. The van der Waals surface area contributed by atoms with Crippen LogP contribution in [0.3, 0.4) is 0 Å². The van der Waals surface area contributed by atoms with Gasteiger partial charge >= 0.3 is 0 Å². The minimum atomic E-state index is 0.732. The van der Waals surface area contributed by atoms with Gasteiger partial charge in [-0.3, -0.25) is 4.68 Å². The van der Waals surface area contributed by atoms with Gasteiger partial charge in [0.25, 0.3) is 0 Å². The van der Waals surface area contributed by atoms with Crippen molar-refractivity contribution in [2.75, 3.05) is 5.43 Å². The van der Waals surface area contributed by atoms with Crippen LogP contribution in [0.5, 0.6) is 0 Å². The second-order valence-electron chi connectivity index (χ2n) is 3.23. The van der Waals surface area contributed by atoms with Crippen molar-refractivity contribution < 1.29 is 4.52 Å². The maximum Gasteiger partial charge on any atom is 0.138 e. The predicted molar refractivity (Wildman–Crippen MR) is 53.5 cm³/mol. The normalized spacial score (nSPS) is 10.4. The molecule has 0 radical (unpaired) electrons. The summed E-state index contributed by atoms with van der Waals surface area (Å²) in [7, 11) is 0. The van der Waals surface area contributed by atoms with E-state index in [2.05, 4.69) is 10.6 Å². The molecule has 0 saturated heterocycles. The van der Waals surface area contributed by atoms with Gasteiger partial charge < -0.3 is 9.95 Å². The Balaban J connectivity index is 2.05. The molecule has 0 fully saturated rings. The van der Waals surface area contributed by atoms with Gasteiger partial charge in [0.05, 0.1) is 12.2 Å². The first kappa shape index (κ1) is 8.87. The maximum atomic E-state index is 5.07. The lowest BCUT2D eigenvalue weighted by Crippen LogP contribution is -2.12. The van der Waals surface area contributed by atoms with Gasteiger partial charge in [-0.05, 0) is 26.0 Å². The summed E-state index contributed by atoms with van der Waals surface area (Å²) < 4.78 is 6.97. The molecule has 0 aliphatic rings. The van der Waals surface area contributed by atoms with E-state index in [1.54, 1.807) is 0 Å². The van der Waals surface area contributed by atoms with Crippen LogP contribution in [-0.2, 0) is 6.54 Å². The van der Waals surface area contributed by atoms with Crippen LogP contribution in [0.1, 0.15) is 17.0 Å². The van der Waals surface area contributed by atoms with E-state index < -0.39 is 0 Å². The van der Waals surface area contributed by atoms with E-state index in [1.807, 2.05) is 43.0 Å². The van der Waals surface area contributed by atoms with E-state index in [9.17, 15) is 0 Å². The van der Waals surface area contributed by atoms with Crippen molar-refractivity contribution in [3.05, 3.63) is 41.5 Å². The van der Waals surface area contributed by atoms with Gasteiger partial charge in [0.2, 0.25) is 0 Å². The van der Waals surface area contributed by atoms with Crippen LogP contribution in [0, 0.1) is 13.8 Å². The van der Waals surface area contributed by atoms with Crippen LogP contribution in [0.4, 0.5) is 0 Å². The molecule has 0 bridgehead atoms. The molecule has 0 spiro atoms. The standard InChI is InChI=1S/C10H13N3O/c1-8-10(9(2)14-12-8)7-11-13-5-3-4-6-13/h3-6,11H,7H2,1-2H3. The molecule has 2 aromatic heterocycles. The molecular formula is C10H13N3O. The van der Waals surface area contributed by atoms with Crippen LogP contribution in [0.2, 0.25) is 0 Å². The molecule has 0 aliphatic carbocycles. The Kier molecular flexibility index (Phi) is 2.26. The van der Waals surface area contributed by atoms with E-state index >= 15 is 0 Å². The van der Waals surface area contributed by atoms with Crippen molar-refractivity contribution in [2.24, 2.45) is 0 Å². The molecule has 4 heteroatoms. The zero-order valence-electron chi connectivity index (χ0n) is 8.32. The number of nitrogens with one attached hydrogen (secondary N) is 1.